The molecule has 0 unspecified atom stereocenters. The lowest BCUT2D eigenvalue weighted by atomic mass is 10.1. The first-order valence-electron chi connectivity index (χ1n) is 8.36. The molecule has 0 aliphatic rings. The Morgan fingerprint density at radius 2 is 2.04 bits per heavy atom. The van der Waals surface area contributed by atoms with Gasteiger partial charge in [-0.15, -0.1) is 11.3 Å². The molecular weight excluding hydrogens is 401 g/mol. The normalized spacial score (nSPS) is 11.0. The molecule has 0 radical (unpaired) electrons. The van der Waals surface area contributed by atoms with Crippen LogP contribution in [-0.2, 0) is 11.2 Å². The van der Waals surface area contributed by atoms with Crippen LogP contribution in [-0.4, -0.2) is 15.9 Å². The molecule has 136 valence electrons. The number of aryl methyl sites for hydroxylation is 1. The van der Waals surface area contributed by atoms with E-state index in [0.29, 0.717) is 33.7 Å². The molecule has 1 amide bonds. The average molecular weight is 416 g/mol. The highest BCUT2D eigenvalue weighted by atomic mass is 35.5. The Morgan fingerprint density at radius 1 is 1.19 bits per heavy atom. The van der Waals surface area contributed by atoms with Crippen LogP contribution in [0.2, 0.25) is 10.0 Å². The molecule has 2 heterocycles. The molecule has 4 rings (SSSR count). The summed E-state index contributed by atoms with van der Waals surface area (Å²) in [5, 5.41) is 7.54. The number of H-pyrrole nitrogens is 1. The molecule has 0 bridgehead atoms. The fraction of sp³-hybridized carbons (Fsp3) is 0.100. The van der Waals surface area contributed by atoms with Crippen LogP contribution < -0.4 is 5.32 Å². The van der Waals surface area contributed by atoms with Crippen molar-refractivity contribution in [3.05, 3.63) is 69.7 Å². The Kier molecular flexibility index (Phi) is 5.16. The number of para-hydroxylation sites is 1. The van der Waals surface area contributed by atoms with Gasteiger partial charge in [-0.1, -0.05) is 41.4 Å². The van der Waals surface area contributed by atoms with Gasteiger partial charge in [-0.3, -0.25) is 4.79 Å². The number of carbonyl (C=O) groups excluding carboxylic acids is 1. The summed E-state index contributed by atoms with van der Waals surface area (Å²) in [6, 6.07) is 13.3. The highest BCUT2D eigenvalue weighted by Gasteiger charge is 2.12. The fourth-order valence-corrected chi connectivity index (χ4v) is 4.15. The van der Waals surface area contributed by atoms with Crippen molar-refractivity contribution in [2.24, 2.45) is 0 Å². The molecule has 7 heteroatoms. The number of aromatic nitrogens is 2. The smallest absolute Gasteiger partial charge is 0.226 e. The third-order valence-corrected chi connectivity index (χ3v) is 5.56. The Balaban J connectivity index is 1.41. The predicted molar refractivity (Wildman–Crippen MR) is 113 cm³/mol. The zero-order valence-electron chi connectivity index (χ0n) is 14.1. The van der Waals surface area contributed by atoms with E-state index in [2.05, 4.69) is 21.4 Å². The molecule has 0 saturated carbocycles. The summed E-state index contributed by atoms with van der Waals surface area (Å²) in [4.78, 5) is 20.0. The molecule has 0 atom stereocenters. The van der Waals surface area contributed by atoms with Crippen molar-refractivity contribution in [1.29, 1.82) is 0 Å². The minimum absolute atomic E-state index is 0.0663. The maximum atomic E-state index is 12.3. The highest BCUT2D eigenvalue weighted by molar-refractivity contribution is 7.14. The number of anilines is 1. The Hall–Kier alpha value is -2.34. The topological polar surface area (TPSA) is 57.8 Å². The van der Waals surface area contributed by atoms with Gasteiger partial charge in [0.05, 0.1) is 10.7 Å². The molecule has 4 aromatic rings. The lowest BCUT2D eigenvalue weighted by Crippen LogP contribution is -2.12. The molecule has 2 aromatic carbocycles. The number of thiazole rings is 1. The third-order valence-electron chi connectivity index (χ3n) is 4.25. The third kappa shape index (κ3) is 4.00. The van der Waals surface area contributed by atoms with Crippen molar-refractivity contribution in [2.45, 2.75) is 12.8 Å². The van der Waals surface area contributed by atoms with Crippen LogP contribution in [0.3, 0.4) is 0 Å². The zero-order valence-corrected chi connectivity index (χ0v) is 16.5. The van der Waals surface area contributed by atoms with Gasteiger partial charge < -0.3 is 10.3 Å². The van der Waals surface area contributed by atoms with Crippen molar-refractivity contribution in [3.63, 3.8) is 0 Å². The summed E-state index contributed by atoms with van der Waals surface area (Å²) < 4.78 is 0. The molecule has 4 nitrogen and oxygen atoms in total. The van der Waals surface area contributed by atoms with Gasteiger partial charge in [0.1, 0.15) is 0 Å². The lowest BCUT2D eigenvalue weighted by molar-refractivity contribution is -0.116. The summed E-state index contributed by atoms with van der Waals surface area (Å²) in [5.74, 6) is -0.0663. The number of hydrogen-bond acceptors (Lipinski definition) is 3. The Morgan fingerprint density at radius 3 is 2.89 bits per heavy atom. The molecule has 0 aliphatic heterocycles. The monoisotopic (exact) mass is 415 g/mol. The molecule has 2 N–H and O–H groups in total. The summed E-state index contributed by atoms with van der Waals surface area (Å²) >= 11 is 13.5. The zero-order chi connectivity index (χ0) is 18.8. The first-order chi connectivity index (χ1) is 13.1. The molecule has 27 heavy (non-hydrogen) atoms. The van der Waals surface area contributed by atoms with Crippen LogP contribution in [0.15, 0.2) is 54.0 Å². The van der Waals surface area contributed by atoms with Crippen molar-refractivity contribution in [1.82, 2.24) is 9.97 Å². The SMILES string of the molecule is O=C(CCc1c[nH]c2ccccc12)Nc1nc(-c2ccc(Cl)cc2Cl)cs1. The highest BCUT2D eigenvalue weighted by Crippen LogP contribution is 2.32. The standard InChI is InChI=1S/C20H15Cl2N3OS/c21-13-6-7-15(16(22)9-13)18-11-27-20(24-18)25-19(26)8-5-12-10-23-17-4-2-1-3-14(12)17/h1-4,6-7,9-11,23H,5,8H2,(H,24,25,26). The van der Waals surface area contributed by atoms with Crippen molar-refractivity contribution < 1.29 is 4.79 Å². The van der Waals surface area contributed by atoms with E-state index >= 15 is 0 Å². The number of aromatic amines is 1. The number of fused-ring (bicyclic) bond motifs is 1. The molecule has 0 spiro atoms. The Bertz CT molecular complexity index is 1120. The number of rotatable bonds is 5. The minimum atomic E-state index is -0.0663. The second-order valence-corrected chi connectivity index (χ2v) is 7.77. The molecule has 0 saturated heterocycles. The number of halogens is 2. The summed E-state index contributed by atoms with van der Waals surface area (Å²) in [6.45, 7) is 0. The van der Waals surface area contributed by atoms with Gasteiger partial charge in [-0.05, 0) is 36.2 Å². The van der Waals surface area contributed by atoms with Gasteiger partial charge in [-0.25, -0.2) is 4.98 Å². The second kappa shape index (κ2) is 7.72. The number of benzene rings is 2. The maximum absolute atomic E-state index is 12.3. The number of nitrogens with zero attached hydrogens (tertiary/aromatic N) is 1. The maximum Gasteiger partial charge on any atom is 0.226 e. The van der Waals surface area contributed by atoms with Crippen LogP contribution in [0.25, 0.3) is 22.2 Å². The van der Waals surface area contributed by atoms with E-state index in [1.165, 1.54) is 11.3 Å². The van der Waals surface area contributed by atoms with E-state index in [0.717, 1.165) is 22.0 Å². The van der Waals surface area contributed by atoms with Crippen LogP contribution in [0, 0.1) is 0 Å². The number of amides is 1. The van der Waals surface area contributed by atoms with E-state index in [1.807, 2.05) is 35.8 Å². The average Bonchev–Trinajstić information content (AvgIpc) is 3.27. The van der Waals surface area contributed by atoms with Crippen LogP contribution in [0.4, 0.5) is 5.13 Å². The first-order valence-corrected chi connectivity index (χ1v) is 9.99. The van der Waals surface area contributed by atoms with E-state index in [4.69, 9.17) is 23.2 Å². The first kappa shape index (κ1) is 18.0. The molecular formula is C20H15Cl2N3OS. The molecule has 0 fully saturated rings. The van der Waals surface area contributed by atoms with Gasteiger partial charge in [-0.2, -0.15) is 0 Å². The van der Waals surface area contributed by atoms with Crippen molar-refractivity contribution >= 4 is 56.5 Å². The summed E-state index contributed by atoms with van der Waals surface area (Å²) in [6.07, 6.45) is 3.01. The number of nitrogens with one attached hydrogen (secondary N) is 2. The summed E-state index contributed by atoms with van der Waals surface area (Å²) in [7, 11) is 0. The van der Waals surface area contributed by atoms with Crippen molar-refractivity contribution in [3.8, 4) is 11.3 Å². The van der Waals surface area contributed by atoms with Gasteiger partial charge in [0.15, 0.2) is 5.13 Å². The van der Waals surface area contributed by atoms with E-state index < -0.39 is 0 Å². The molecule has 0 aliphatic carbocycles. The van der Waals surface area contributed by atoms with Gasteiger partial charge in [0.2, 0.25) is 5.91 Å². The predicted octanol–water partition coefficient (Wildman–Crippen LogP) is 6.17. The van der Waals surface area contributed by atoms with Gasteiger partial charge in [0, 0.05) is 39.5 Å². The Labute approximate surface area is 170 Å². The van der Waals surface area contributed by atoms with E-state index in [1.54, 1.807) is 12.1 Å². The number of hydrogen-bond donors (Lipinski definition) is 2. The molecule has 2 aromatic heterocycles. The quantitative estimate of drug-likeness (QED) is 0.409. The fourth-order valence-electron chi connectivity index (χ4n) is 2.92. The second-order valence-electron chi connectivity index (χ2n) is 6.07. The van der Waals surface area contributed by atoms with Gasteiger partial charge >= 0.3 is 0 Å². The number of carbonyl (C=O) groups is 1. The van der Waals surface area contributed by atoms with E-state index in [-0.39, 0.29) is 5.91 Å². The van der Waals surface area contributed by atoms with Crippen LogP contribution in [0.5, 0.6) is 0 Å². The van der Waals surface area contributed by atoms with Crippen molar-refractivity contribution in [2.75, 3.05) is 5.32 Å². The largest absolute Gasteiger partial charge is 0.361 e. The van der Waals surface area contributed by atoms with E-state index in [9.17, 15) is 4.79 Å². The minimum Gasteiger partial charge on any atom is -0.361 e. The van der Waals surface area contributed by atoms with Crippen LogP contribution >= 0.6 is 34.5 Å². The lowest BCUT2D eigenvalue weighted by Gasteiger charge is -2.02. The van der Waals surface area contributed by atoms with Gasteiger partial charge in [0.25, 0.3) is 0 Å². The van der Waals surface area contributed by atoms with Crippen LogP contribution in [0.1, 0.15) is 12.0 Å². The summed E-state index contributed by atoms with van der Waals surface area (Å²) in [5.41, 5.74) is 3.72.